The highest BCUT2D eigenvalue weighted by molar-refractivity contribution is 5.38. The topological polar surface area (TPSA) is 20.2 Å². The summed E-state index contributed by atoms with van der Waals surface area (Å²) in [4.78, 5) is 0. The Kier molecular flexibility index (Phi) is 6.05. The summed E-state index contributed by atoms with van der Waals surface area (Å²) in [6, 6.07) is 0. The molecule has 0 bridgehead atoms. The average Bonchev–Trinajstić information content (AvgIpc) is 2.97. The third kappa shape index (κ3) is 3.36. The number of fused-ring (bicyclic) bond motifs is 4. The Morgan fingerprint density at radius 1 is 0.867 bits per heavy atom. The number of hydrogen-bond donors (Lipinski definition) is 1. The molecule has 0 radical (unpaired) electrons. The molecule has 0 unspecified atom stereocenters. The molecule has 2 fully saturated rings. The lowest BCUT2D eigenvalue weighted by molar-refractivity contribution is -0.00530. The molecular weight excluding hydrogens is 364 g/mol. The monoisotopic (exact) mass is 414 g/mol. The Labute approximate surface area is 187 Å². The molecule has 4 rings (SSSR count). The van der Waals surface area contributed by atoms with Crippen LogP contribution in [0.15, 0.2) is 11.1 Å². The first-order valence-electron chi connectivity index (χ1n) is 13.4. The van der Waals surface area contributed by atoms with Crippen molar-refractivity contribution in [1.29, 1.82) is 0 Å². The Morgan fingerprint density at radius 2 is 1.60 bits per heavy atom. The smallest absolute Gasteiger partial charge is 0.0543 e. The van der Waals surface area contributed by atoms with E-state index in [-0.39, 0.29) is 6.10 Å². The first-order chi connectivity index (χ1) is 14.0. The van der Waals surface area contributed by atoms with Crippen LogP contribution in [0.25, 0.3) is 0 Å². The average molecular weight is 415 g/mol. The molecule has 0 aromatic carbocycles. The zero-order chi connectivity index (χ0) is 21.9. The fourth-order valence-electron chi connectivity index (χ4n) is 8.84. The first-order valence-corrected chi connectivity index (χ1v) is 13.4. The van der Waals surface area contributed by atoms with Crippen LogP contribution in [0.3, 0.4) is 0 Å². The molecule has 2 saturated carbocycles. The van der Waals surface area contributed by atoms with Gasteiger partial charge in [-0.05, 0) is 104 Å². The molecule has 0 spiro atoms. The van der Waals surface area contributed by atoms with Crippen molar-refractivity contribution in [3.8, 4) is 0 Å². The number of allylic oxidation sites excluding steroid dienone is 2. The molecule has 1 nitrogen and oxygen atoms in total. The van der Waals surface area contributed by atoms with Crippen LogP contribution in [0, 0.1) is 45.8 Å². The lowest BCUT2D eigenvalue weighted by Gasteiger charge is -2.59. The summed E-state index contributed by atoms with van der Waals surface area (Å²) >= 11 is 0. The van der Waals surface area contributed by atoms with Gasteiger partial charge >= 0.3 is 0 Å². The highest BCUT2D eigenvalue weighted by Crippen LogP contribution is 2.71. The Balaban J connectivity index is 1.58. The van der Waals surface area contributed by atoms with E-state index < -0.39 is 0 Å². The molecule has 1 N–H and O–H groups in total. The molecule has 0 aromatic heterocycles. The summed E-state index contributed by atoms with van der Waals surface area (Å²) in [5.74, 6) is 4.15. The lowest BCUT2D eigenvalue weighted by atomic mass is 9.46. The van der Waals surface area contributed by atoms with Gasteiger partial charge in [-0.1, -0.05) is 72.5 Å². The molecule has 0 amide bonds. The van der Waals surface area contributed by atoms with E-state index in [0.717, 1.165) is 42.4 Å². The summed E-state index contributed by atoms with van der Waals surface area (Å²) < 4.78 is 0. The number of hydrogen-bond acceptors (Lipinski definition) is 1. The molecule has 4 aliphatic rings. The van der Waals surface area contributed by atoms with Crippen molar-refractivity contribution >= 4 is 0 Å². The van der Waals surface area contributed by atoms with Gasteiger partial charge in [-0.3, -0.25) is 0 Å². The predicted molar refractivity (Wildman–Crippen MR) is 128 cm³/mol. The summed E-state index contributed by atoms with van der Waals surface area (Å²) in [6.45, 7) is 17.8. The quantitative estimate of drug-likeness (QED) is 0.450. The summed E-state index contributed by atoms with van der Waals surface area (Å²) in [6.07, 6.45) is 14.3. The van der Waals surface area contributed by atoms with Gasteiger partial charge in [-0.25, -0.2) is 0 Å². The maximum atomic E-state index is 10.3. The fraction of sp³-hybridized carbons (Fsp3) is 0.931. The van der Waals surface area contributed by atoms with Gasteiger partial charge in [-0.15, -0.1) is 0 Å². The van der Waals surface area contributed by atoms with E-state index in [1.807, 2.05) is 11.1 Å². The van der Waals surface area contributed by atoms with Crippen LogP contribution in [0.1, 0.15) is 119 Å². The molecule has 8 atom stereocenters. The normalized spacial score (nSPS) is 45.7. The zero-order valence-electron chi connectivity index (χ0n) is 21.2. The van der Waals surface area contributed by atoms with Crippen molar-refractivity contribution in [3.63, 3.8) is 0 Å². The van der Waals surface area contributed by atoms with E-state index in [4.69, 9.17) is 0 Å². The molecule has 0 saturated heterocycles. The summed E-state index contributed by atoms with van der Waals surface area (Å²) in [7, 11) is 0. The van der Waals surface area contributed by atoms with E-state index in [1.165, 1.54) is 57.8 Å². The van der Waals surface area contributed by atoms with Crippen LogP contribution in [0.5, 0.6) is 0 Å². The molecule has 4 aliphatic carbocycles. The number of aliphatic hydroxyl groups is 1. The van der Waals surface area contributed by atoms with Crippen LogP contribution in [-0.2, 0) is 0 Å². The van der Waals surface area contributed by atoms with Gasteiger partial charge in [0.25, 0.3) is 0 Å². The first kappa shape index (κ1) is 22.9. The maximum Gasteiger partial charge on any atom is 0.0543 e. The van der Waals surface area contributed by atoms with Crippen molar-refractivity contribution in [1.82, 2.24) is 0 Å². The van der Waals surface area contributed by atoms with Crippen molar-refractivity contribution in [3.05, 3.63) is 11.1 Å². The van der Waals surface area contributed by atoms with Gasteiger partial charge in [0.15, 0.2) is 0 Å². The molecule has 172 valence electrons. The minimum Gasteiger partial charge on any atom is -0.393 e. The SMILES string of the molecule is CC(C)[C@@H](C)CC[C@@H](C)[C@H]1CC[C@]2(C)C3=C(CC[C@@]12C)[C@]1(C)CC[C@H](O)C[C@@H]1CC3. The van der Waals surface area contributed by atoms with E-state index in [1.54, 1.807) is 0 Å². The van der Waals surface area contributed by atoms with Crippen LogP contribution in [-0.4, -0.2) is 11.2 Å². The number of rotatable bonds is 5. The highest BCUT2D eigenvalue weighted by atomic mass is 16.3. The van der Waals surface area contributed by atoms with Crippen LogP contribution in [0.4, 0.5) is 0 Å². The van der Waals surface area contributed by atoms with Crippen molar-refractivity contribution in [2.45, 2.75) is 125 Å². The van der Waals surface area contributed by atoms with Crippen molar-refractivity contribution < 1.29 is 5.11 Å². The van der Waals surface area contributed by atoms with Gasteiger partial charge in [0.1, 0.15) is 0 Å². The minimum atomic E-state index is -0.0420. The Bertz CT molecular complexity index is 676. The summed E-state index contributed by atoms with van der Waals surface area (Å²) in [5, 5.41) is 10.3. The highest BCUT2D eigenvalue weighted by Gasteiger charge is 2.61. The molecule has 0 heterocycles. The van der Waals surface area contributed by atoms with Gasteiger partial charge in [0.05, 0.1) is 6.10 Å². The third-order valence-electron chi connectivity index (χ3n) is 11.7. The molecule has 0 aromatic rings. The van der Waals surface area contributed by atoms with Gasteiger partial charge < -0.3 is 5.11 Å². The second-order valence-corrected chi connectivity index (χ2v) is 13.2. The second-order valence-electron chi connectivity index (χ2n) is 13.2. The zero-order valence-corrected chi connectivity index (χ0v) is 21.2. The lowest BCUT2D eigenvalue weighted by Crippen LogP contribution is -2.49. The maximum absolute atomic E-state index is 10.3. The van der Waals surface area contributed by atoms with Crippen LogP contribution >= 0.6 is 0 Å². The van der Waals surface area contributed by atoms with E-state index in [9.17, 15) is 5.11 Å². The summed E-state index contributed by atoms with van der Waals surface area (Å²) in [5.41, 5.74) is 5.06. The minimum absolute atomic E-state index is 0.0420. The standard InChI is InChI=1S/C29H50O/c1-19(2)20(3)8-9-21(4)24-13-16-29(7)26-11-10-22-18-23(30)12-15-27(22,5)25(26)14-17-28(24,29)6/h19-24,30H,8-18H2,1-7H3/t20-,21+,22-,23-,24+,27+,28-,29+/m0/s1. The number of aliphatic hydroxyl groups excluding tert-OH is 1. The van der Waals surface area contributed by atoms with Crippen LogP contribution < -0.4 is 0 Å². The predicted octanol–water partition coefficient (Wildman–Crippen LogP) is 8.17. The fourth-order valence-corrected chi connectivity index (χ4v) is 8.84. The van der Waals surface area contributed by atoms with Crippen LogP contribution in [0.2, 0.25) is 0 Å². The molecular formula is C29H50O. The van der Waals surface area contributed by atoms with Crippen molar-refractivity contribution in [2.24, 2.45) is 45.8 Å². The molecule has 1 heteroatoms. The second kappa shape index (κ2) is 7.93. The molecule has 30 heavy (non-hydrogen) atoms. The Morgan fingerprint density at radius 3 is 2.30 bits per heavy atom. The van der Waals surface area contributed by atoms with E-state index in [2.05, 4.69) is 48.5 Å². The molecule has 0 aliphatic heterocycles. The van der Waals surface area contributed by atoms with Gasteiger partial charge in [0.2, 0.25) is 0 Å². The van der Waals surface area contributed by atoms with E-state index >= 15 is 0 Å². The van der Waals surface area contributed by atoms with Gasteiger partial charge in [-0.2, -0.15) is 0 Å². The van der Waals surface area contributed by atoms with Gasteiger partial charge in [0, 0.05) is 0 Å². The third-order valence-corrected chi connectivity index (χ3v) is 11.7. The largest absolute Gasteiger partial charge is 0.393 e. The Hall–Kier alpha value is -0.300. The van der Waals surface area contributed by atoms with E-state index in [0.29, 0.717) is 16.2 Å². The van der Waals surface area contributed by atoms with Crippen molar-refractivity contribution in [2.75, 3.05) is 0 Å².